The molecule has 4 rings (SSSR count). The Morgan fingerprint density at radius 2 is 1.73 bits per heavy atom. The molecule has 44 heavy (non-hydrogen) atoms. The maximum atomic E-state index is 13.7. The number of aromatic nitrogens is 2. The van der Waals surface area contributed by atoms with Crippen molar-refractivity contribution in [3.63, 3.8) is 0 Å². The molecule has 0 aromatic carbocycles. The molecule has 13 nitrogen and oxygen atoms in total. The van der Waals surface area contributed by atoms with Crippen LogP contribution in [0.3, 0.4) is 0 Å². The molecule has 0 radical (unpaired) electrons. The molecular formula is C31H41N7O6. The van der Waals surface area contributed by atoms with Crippen LogP contribution in [0.25, 0.3) is 0 Å². The highest BCUT2D eigenvalue weighted by Gasteiger charge is 2.38. The van der Waals surface area contributed by atoms with Crippen molar-refractivity contribution in [3.8, 4) is 5.75 Å². The first-order valence-electron chi connectivity index (χ1n) is 15.0. The van der Waals surface area contributed by atoms with Crippen LogP contribution in [0, 0.1) is 0 Å². The van der Waals surface area contributed by atoms with E-state index in [1.165, 1.54) is 36.3 Å². The van der Waals surface area contributed by atoms with Gasteiger partial charge in [0, 0.05) is 64.7 Å². The third kappa shape index (κ3) is 8.74. The predicted molar refractivity (Wildman–Crippen MR) is 160 cm³/mol. The fourth-order valence-corrected chi connectivity index (χ4v) is 5.40. The van der Waals surface area contributed by atoms with Gasteiger partial charge in [0.1, 0.15) is 18.4 Å². The van der Waals surface area contributed by atoms with E-state index in [0.717, 1.165) is 18.4 Å². The van der Waals surface area contributed by atoms with Crippen molar-refractivity contribution in [2.75, 3.05) is 40.3 Å². The molecule has 0 unspecified atom stereocenters. The zero-order valence-electron chi connectivity index (χ0n) is 25.5. The van der Waals surface area contributed by atoms with Crippen LogP contribution in [0.2, 0.25) is 0 Å². The number of hydrogen-bond acceptors (Lipinski definition) is 8. The smallest absolute Gasteiger partial charge is 0.255 e. The molecule has 0 saturated carbocycles. The van der Waals surface area contributed by atoms with Crippen LogP contribution in [0.5, 0.6) is 5.75 Å². The Morgan fingerprint density at radius 1 is 0.977 bits per heavy atom. The second kappa shape index (κ2) is 15.3. The van der Waals surface area contributed by atoms with E-state index < -0.39 is 17.9 Å². The number of nitrogens with zero attached hydrogens (tertiary/aromatic N) is 5. The van der Waals surface area contributed by atoms with Crippen LogP contribution in [0.15, 0.2) is 43.0 Å². The van der Waals surface area contributed by atoms with Crippen LogP contribution in [-0.4, -0.2) is 113 Å². The number of aryl methyl sites for hydroxylation is 1. The number of fused-ring (bicyclic) bond motifs is 3. The Morgan fingerprint density at radius 3 is 2.48 bits per heavy atom. The minimum absolute atomic E-state index is 0.0673. The fraction of sp³-hybridized carbons (Fsp3) is 0.516. The third-order valence-corrected chi connectivity index (χ3v) is 7.83. The lowest BCUT2D eigenvalue weighted by Crippen LogP contribution is -2.55. The van der Waals surface area contributed by atoms with Gasteiger partial charge < -0.3 is 30.1 Å². The van der Waals surface area contributed by atoms with Gasteiger partial charge in [0.05, 0.1) is 24.3 Å². The quantitative estimate of drug-likeness (QED) is 0.447. The first kappa shape index (κ1) is 32.4. The maximum absolute atomic E-state index is 13.7. The molecule has 236 valence electrons. The highest BCUT2D eigenvalue weighted by atomic mass is 16.5. The lowest BCUT2D eigenvalue weighted by atomic mass is 10.1. The van der Waals surface area contributed by atoms with Crippen molar-refractivity contribution in [1.82, 2.24) is 35.3 Å². The van der Waals surface area contributed by atoms with Crippen molar-refractivity contribution < 1.29 is 28.7 Å². The van der Waals surface area contributed by atoms with Gasteiger partial charge in [0.2, 0.25) is 23.6 Å². The minimum Gasteiger partial charge on any atom is -0.490 e. The highest BCUT2D eigenvalue weighted by molar-refractivity contribution is 5.95. The summed E-state index contributed by atoms with van der Waals surface area (Å²) >= 11 is 0. The Hall–Kier alpha value is -4.55. The number of pyridine rings is 2. The SMILES string of the molecule is CCCCC(=O)N[C@H]1C[C@H]2COc3cncc(c3)C(=O)N(C)C[C@H](NC(=O)CCc3ccncc3)C(=O)N(C)CC(=O)N2C1. The molecular weight excluding hydrogens is 566 g/mol. The monoisotopic (exact) mass is 607 g/mol. The van der Waals surface area contributed by atoms with Crippen molar-refractivity contribution >= 4 is 29.5 Å². The molecule has 2 N–H and O–H groups in total. The Labute approximate surface area is 257 Å². The van der Waals surface area contributed by atoms with Crippen LogP contribution in [0.4, 0.5) is 0 Å². The summed E-state index contributed by atoms with van der Waals surface area (Å²) in [6.45, 7) is 2.04. The van der Waals surface area contributed by atoms with E-state index >= 15 is 0 Å². The van der Waals surface area contributed by atoms with E-state index in [2.05, 4.69) is 20.6 Å². The molecule has 1 saturated heterocycles. The van der Waals surface area contributed by atoms with Gasteiger partial charge in [-0.3, -0.25) is 33.9 Å². The molecule has 0 spiro atoms. The van der Waals surface area contributed by atoms with Gasteiger partial charge in [-0.05, 0) is 43.0 Å². The number of ether oxygens (including phenoxy) is 1. The zero-order valence-corrected chi connectivity index (χ0v) is 25.5. The Balaban J connectivity index is 1.54. The van der Waals surface area contributed by atoms with Gasteiger partial charge in [-0.2, -0.15) is 0 Å². The van der Waals surface area contributed by atoms with Crippen molar-refractivity contribution in [2.45, 2.75) is 63.6 Å². The molecule has 1 fully saturated rings. The zero-order chi connectivity index (χ0) is 31.6. The van der Waals surface area contributed by atoms with Crippen molar-refractivity contribution in [3.05, 3.63) is 54.1 Å². The van der Waals surface area contributed by atoms with E-state index in [1.807, 2.05) is 19.1 Å². The molecule has 2 aliphatic heterocycles. The second-order valence-electron chi connectivity index (χ2n) is 11.4. The van der Waals surface area contributed by atoms with Gasteiger partial charge in [-0.25, -0.2) is 0 Å². The summed E-state index contributed by atoms with van der Waals surface area (Å²) < 4.78 is 5.99. The number of nitrogens with one attached hydrogen (secondary N) is 2. The molecule has 0 aliphatic carbocycles. The molecule has 2 aliphatic rings. The summed E-state index contributed by atoms with van der Waals surface area (Å²) in [4.78, 5) is 78.3. The lowest BCUT2D eigenvalue weighted by Gasteiger charge is -2.30. The van der Waals surface area contributed by atoms with Crippen LogP contribution in [0.1, 0.15) is 54.9 Å². The first-order chi connectivity index (χ1) is 21.1. The lowest BCUT2D eigenvalue weighted by molar-refractivity contribution is -0.142. The summed E-state index contributed by atoms with van der Waals surface area (Å²) in [5.74, 6) is -1.30. The first-order valence-corrected chi connectivity index (χ1v) is 15.0. The summed E-state index contributed by atoms with van der Waals surface area (Å²) in [6, 6.07) is 3.46. The Kier molecular flexibility index (Phi) is 11.2. The molecule has 4 heterocycles. The summed E-state index contributed by atoms with van der Waals surface area (Å²) in [5, 5.41) is 5.80. The highest BCUT2D eigenvalue weighted by Crippen LogP contribution is 2.22. The number of unbranched alkanes of at least 4 members (excludes halogenated alkanes) is 1. The third-order valence-electron chi connectivity index (χ3n) is 7.83. The number of likely N-dealkylation sites (N-methyl/N-ethyl adjacent to an activating group) is 2. The van der Waals surface area contributed by atoms with Crippen LogP contribution in [-0.2, 0) is 25.6 Å². The van der Waals surface area contributed by atoms with Crippen molar-refractivity contribution in [1.29, 1.82) is 0 Å². The largest absolute Gasteiger partial charge is 0.490 e. The summed E-state index contributed by atoms with van der Waals surface area (Å²) in [6.07, 6.45) is 9.33. The molecule has 3 atom stereocenters. The van der Waals surface area contributed by atoms with Gasteiger partial charge in [0.15, 0.2) is 0 Å². The number of rotatable bonds is 8. The topological polar surface area (TPSA) is 154 Å². The molecule has 5 amide bonds. The number of amides is 5. The maximum Gasteiger partial charge on any atom is 0.255 e. The standard InChI is InChI=1S/C31H41N7O6/c1-4-5-6-27(39)34-23-14-24-20-44-25-13-22(15-33-16-25)30(42)36(2)18-26(31(43)37(3)19-29(41)38(24)17-23)35-28(40)8-7-21-9-11-32-12-10-21/h9-13,15-16,23-24,26H,4-8,14,17-20H2,1-3H3,(H,34,39)(H,35,40)/t23-,24-,26-/m0/s1. The van der Waals surface area contributed by atoms with Crippen LogP contribution >= 0.6 is 0 Å². The van der Waals surface area contributed by atoms with E-state index in [9.17, 15) is 24.0 Å². The van der Waals surface area contributed by atoms with Gasteiger partial charge >= 0.3 is 0 Å². The minimum atomic E-state index is -1.09. The average molecular weight is 608 g/mol. The van der Waals surface area contributed by atoms with Crippen LogP contribution < -0.4 is 15.4 Å². The van der Waals surface area contributed by atoms with Gasteiger partial charge in [0.25, 0.3) is 5.91 Å². The van der Waals surface area contributed by atoms with Gasteiger partial charge in [-0.15, -0.1) is 0 Å². The second-order valence-corrected chi connectivity index (χ2v) is 11.4. The number of hydrogen-bond donors (Lipinski definition) is 2. The van der Waals surface area contributed by atoms with E-state index in [1.54, 1.807) is 23.4 Å². The van der Waals surface area contributed by atoms with Crippen molar-refractivity contribution in [2.24, 2.45) is 0 Å². The average Bonchev–Trinajstić information content (AvgIpc) is 3.43. The summed E-state index contributed by atoms with van der Waals surface area (Å²) in [5.41, 5.74) is 1.18. The van der Waals surface area contributed by atoms with E-state index in [0.29, 0.717) is 25.0 Å². The molecule has 13 heteroatoms. The van der Waals surface area contributed by atoms with Gasteiger partial charge in [-0.1, -0.05) is 13.3 Å². The molecule has 2 bridgehead atoms. The molecule has 2 aromatic heterocycles. The number of carbonyl (C=O) groups is 5. The fourth-order valence-electron chi connectivity index (χ4n) is 5.40. The predicted octanol–water partition coefficient (Wildman–Crippen LogP) is 0.793. The normalized spacial score (nSPS) is 21.2. The molecule has 2 aromatic rings. The summed E-state index contributed by atoms with van der Waals surface area (Å²) in [7, 11) is 3.03. The number of carbonyl (C=O) groups excluding carboxylic acids is 5. The Bertz CT molecular complexity index is 1340. The van der Waals surface area contributed by atoms with E-state index in [-0.39, 0.29) is 68.0 Å². The van der Waals surface area contributed by atoms with E-state index in [4.69, 9.17) is 4.74 Å².